The lowest BCUT2D eigenvalue weighted by molar-refractivity contribution is 0.454. The molecule has 0 aliphatic carbocycles. The number of benzene rings is 2. The van der Waals surface area contributed by atoms with Gasteiger partial charge < -0.3 is 4.18 Å². The fourth-order valence-electron chi connectivity index (χ4n) is 1.67. The van der Waals surface area contributed by atoms with Gasteiger partial charge in [0.05, 0.1) is 5.41 Å². The van der Waals surface area contributed by atoms with E-state index in [2.05, 4.69) is 0 Å². The Hall–Kier alpha value is -2.33. The van der Waals surface area contributed by atoms with Gasteiger partial charge in [0.15, 0.2) is 0 Å². The Morgan fingerprint density at radius 3 is 2.14 bits per heavy atom. The Bertz CT molecular complexity index is 730. The van der Waals surface area contributed by atoms with Crippen molar-refractivity contribution in [3.63, 3.8) is 0 Å². The first kappa shape index (κ1) is 15.1. The van der Waals surface area contributed by atoms with Crippen LogP contribution in [0, 0.1) is 0 Å². The van der Waals surface area contributed by atoms with Crippen molar-refractivity contribution < 1.29 is 12.6 Å². The van der Waals surface area contributed by atoms with Crippen molar-refractivity contribution in [2.24, 2.45) is 0 Å². The number of hydrogen-bond acceptors (Lipinski definition) is 3. The predicted octanol–water partition coefficient (Wildman–Crippen LogP) is 4.06. The van der Waals surface area contributed by atoms with Crippen LogP contribution in [0.3, 0.4) is 0 Å². The van der Waals surface area contributed by atoms with Crippen molar-refractivity contribution in [1.82, 2.24) is 0 Å². The lowest BCUT2D eigenvalue weighted by atomic mass is 10.1. The Morgan fingerprint density at radius 1 is 0.952 bits per heavy atom. The van der Waals surface area contributed by atoms with E-state index in [4.69, 9.17) is 4.18 Å². The van der Waals surface area contributed by atoms with E-state index in [9.17, 15) is 8.42 Å². The average molecular weight is 300 g/mol. The second kappa shape index (κ2) is 6.90. The molecule has 2 aromatic rings. The van der Waals surface area contributed by atoms with E-state index in [1.807, 2.05) is 60.7 Å². The fourth-order valence-corrected chi connectivity index (χ4v) is 2.33. The van der Waals surface area contributed by atoms with E-state index in [0.717, 1.165) is 22.1 Å². The highest BCUT2D eigenvalue weighted by Crippen LogP contribution is 2.14. The molecule has 0 aliphatic heterocycles. The summed E-state index contributed by atoms with van der Waals surface area (Å²) >= 11 is 0. The molecule has 0 bridgehead atoms. The molecule has 0 unspecified atom stereocenters. The first-order valence-corrected chi connectivity index (χ1v) is 7.92. The van der Waals surface area contributed by atoms with Gasteiger partial charge in [0, 0.05) is 0 Å². The largest absolute Gasteiger partial charge is 0.387 e. The van der Waals surface area contributed by atoms with Crippen LogP contribution in [-0.4, -0.2) is 8.42 Å². The molecule has 0 aliphatic rings. The van der Waals surface area contributed by atoms with Crippen LogP contribution in [0.4, 0.5) is 0 Å². The molecule has 0 saturated heterocycles. The zero-order valence-electron chi connectivity index (χ0n) is 11.6. The molecule has 0 aromatic heterocycles. The van der Waals surface area contributed by atoms with Gasteiger partial charge in [-0.3, -0.25) is 0 Å². The molecular weight excluding hydrogens is 284 g/mol. The van der Waals surface area contributed by atoms with E-state index >= 15 is 0 Å². The summed E-state index contributed by atoms with van der Waals surface area (Å²) in [7, 11) is -3.74. The number of rotatable bonds is 5. The quantitative estimate of drug-likeness (QED) is 0.617. The van der Waals surface area contributed by atoms with Gasteiger partial charge in [0.1, 0.15) is 6.26 Å². The van der Waals surface area contributed by atoms with Crippen LogP contribution in [0.1, 0.15) is 18.1 Å². The van der Waals surface area contributed by atoms with E-state index < -0.39 is 10.1 Å². The van der Waals surface area contributed by atoms with Gasteiger partial charge in [-0.05, 0) is 29.7 Å². The molecule has 0 heterocycles. The lowest BCUT2D eigenvalue weighted by Gasteiger charge is -2.02. The molecule has 0 amide bonds. The molecule has 0 spiro atoms. The van der Waals surface area contributed by atoms with Crippen molar-refractivity contribution in [2.45, 2.75) is 6.92 Å². The maximum atomic E-state index is 11.8. The van der Waals surface area contributed by atoms with Crippen LogP contribution in [0.2, 0.25) is 0 Å². The Kier molecular flexibility index (Phi) is 4.95. The van der Waals surface area contributed by atoms with E-state index in [1.165, 1.54) is 12.3 Å². The maximum absolute atomic E-state index is 11.8. The molecule has 2 aromatic carbocycles. The van der Waals surface area contributed by atoms with E-state index in [0.29, 0.717) is 0 Å². The minimum absolute atomic E-state index is 0.743. The summed E-state index contributed by atoms with van der Waals surface area (Å²) in [6, 6.07) is 18.6. The number of allylic oxidation sites excluding steroid dienone is 1. The highest BCUT2D eigenvalue weighted by atomic mass is 32.2. The molecule has 0 fully saturated rings. The summed E-state index contributed by atoms with van der Waals surface area (Å²) < 4.78 is 28.5. The third-order valence-corrected chi connectivity index (χ3v) is 3.65. The van der Waals surface area contributed by atoms with Gasteiger partial charge in [-0.1, -0.05) is 60.7 Å². The van der Waals surface area contributed by atoms with Crippen LogP contribution in [0.15, 0.2) is 72.3 Å². The summed E-state index contributed by atoms with van der Waals surface area (Å²) in [5.41, 5.74) is 2.46. The minimum Gasteiger partial charge on any atom is -0.387 e. The second-order valence-electron chi connectivity index (χ2n) is 4.47. The summed E-state index contributed by atoms with van der Waals surface area (Å²) in [5, 5.41) is 1.05. The van der Waals surface area contributed by atoms with Gasteiger partial charge in [0.2, 0.25) is 0 Å². The highest BCUT2D eigenvalue weighted by Gasteiger charge is 2.04. The predicted molar refractivity (Wildman–Crippen MR) is 85.6 cm³/mol. The first-order valence-electron chi connectivity index (χ1n) is 6.45. The van der Waals surface area contributed by atoms with Gasteiger partial charge in [-0.15, -0.1) is 0 Å². The van der Waals surface area contributed by atoms with Crippen molar-refractivity contribution in [2.75, 3.05) is 0 Å². The van der Waals surface area contributed by atoms with Gasteiger partial charge in [-0.2, -0.15) is 8.42 Å². The summed E-state index contributed by atoms with van der Waals surface area (Å²) in [6.07, 6.45) is 2.75. The highest BCUT2D eigenvalue weighted by molar-refractivity contribution is 7.89. The monoisotopic (exact) mass is 300 g/mol. The van der Waals surface area contributed by atoms with Crippen molar-refractivity contribution in [3.05, 3.63) is 83.5 Å². The fraction of sp³-hybridized carbons (Fsp3) is 0.0588. The van der Waals surface area contributed by atoms with Crippen LogP contribution < -0.4 is 0 Å². The minimum atomic E-state index is -3.74. The maximum Gasteiger partial charge on any atom is 0.331 e. The van der Waals surface area contributed by atoms with Crippen LogP contribution in [-0.2, 0) is 14.3 Å². The smallest absolute Gasteiger partial charge is 0.331 e. The average Bonchev–Trinajstić information content (AvgIpc) is 2.53. The Morgan fingerprint density at radius 2 is 1.52 bits per heavy atom. The lowest BCUT2D eigenvalue weighted by Crippen LogP contribution is -1.96. The zero-order valence-corrected chi connectivity index (χ0v) is 12.5. The standard InChI is InChI=1S/C17H16O3S/c1-15(17-10-6-3-7-11-17)14-20-21(18,19)13-12-16-8-4-2-5-9-16/h2-14H,1H3. The van der Waals surface area contributed by atoms with Gasteiger partial charge >= 0.3 is 10.1 Å². The first-order chi connectivity index (χ1) is 10.1. The molecule has 0 radical (unpaired) electrons. The summed E-state index contributed by atoms with van der Waals surface area (Å²) in [5.74, 6) is 0. The van der Waals surface area contributed by atoms with Crippen molar-refractivity contribution in [1.29, 1.82) is 0 Å². The van der Waals surface area contributed by atoms with Crippen molar-refractivity contribution >= 4 is 21.8 Å². The molecule has 0 N–H and O–H groups in total. The molecular formula is C17H16O3S. The molecule has 0 saturated carbocycles. The van der Waals surface area contributed by atoms with E-state index in [1.54, 1.807) is 6.92 Å². The third-order valence-electron chi connectivity index (χ3n) is 2.81. The Balaban J connectivity index is 2.06. The van der Waals surface area contributed by atoms with Crippen LogP contribution in [0.5, 0.6) is 0 Å². The van der Waals surface area contributed by atoms with E-state index in [-0.39, 0.29) is 0 Å². The summed E-state index contributed by atoms with van der Waals surface area (Å²) in [6.45, 7) is 1.80. The molecule has 21 heavy (non-hydrogen) atoms. The SMILES string of the molecule is CC(=COS(=O)(=O)C=Cc1ccccc1)c1ccccc1. The second-order valence-corrected chi connectivity index (χ2v) is 5.92. The number of hydrogen-bond donors (Lipinski definition) is 0. The molecule has 108 valence electrons. The Labute approximate surface area is 125 Å². The van der Waals surface area contributed by atoms with Crippen LogP contribution in [0.25, 0.3) is 11.6 Å². The van der Waals surface area contributed by atoms with Gasteiger partial charge in [0.25, 0.3) is 0 Å². The van der Waals surface area contributed by atoms with Crippen LogP contribution >= 0.6 is 0 Å². The van der Waals surface area contributed by atoms with Gasteiger partial charge in [-0.25, -0.2) is 0 Å². The normalized spacial score (nSPS) is 12.5. The summed E-state index contributed by atoms with van der Waals surface area (Å²) in [4.78, 5) is 0. The van der Waals surface area contributed by atoms with Crippen molar-refractivity contribution in [3.8, 4) is 0 Å². The molecule has 4 heteroatoms. The molecule has 0 atom stereocenters. The topological polar surface area (TPSA) is 43.4 Å². The third kappa shape index (κ3) is 4.93. The molecule has 3 nitrogen and oxygen atoms in total. The molecule has 2 rings (SSSR count). The zero-order chi connectivity index (χ0) is 15.1.